The van der Waals surface area contributed by atoms with Gasteiger partial charge in [0.15, 0.2) is 0 Å². The summed E-state index contributed by atoms with van der Waals surface area (Å²) in [7, 11) is 0. The molecule has 2 aliphatic heterocycles. The highest BCUT2D eigenvalue weighted by molar-refractivity contribution is 5.77. The summed E-state index contributed by atoms with van der Waals surface area (Å²) in [5.41, 5.74) is 0. The summed E-state index contributed by atoms with van der Waals surface area (Å²) in [6.45, 7) is 2.56. The van der Waals surface area contributed by atoms with Crippen molar-refractivity contribution in [2.24, 2.45) is 5.92 Å². The van der Waals surface area contributed by atoms with Crippen LogP contribution in [-0.4, -0.2) is 48.3 Å². The number of hydrogen-bond acceptors (Lipinski definition) is 4. The van der Waals surface area contributed by atoms with Gasteiger partial charge < -0.3 is 9.84 Å². The van der Waals surface area contributed by atoms with Crippen molar-refractivity contribution in [3.8, 4) is 0 Å². The molecular weight excluding hydrogens is 170 g/mol. The fourth-order valence-electron chi connectivity index (χ4n) is 2.11. The van der Waals surface area contributed by atoms with Gasteiger partial charge in [-0.2, -0.15) is 0 Å². The lowest BCUT2D eigenvalue weighted by Crippen LogP contribution is -2.36. The molecule has 0 aromatic rings. The summed E-state index contributed by atoms with van der Waals surface area (Å²) >= 11 is 0. The van der Waals surface area contributed by atoms with Crippen molar-refractivity contribution in [2.45, 2.75) is 18.9 Å². The molecule has 2 aliphatic rings. The van der Waals surface area contributed by atoms with Crippen LogP contribution in [0.25, 0.3) is 0 Å². The van der Waals surface area contributed by atoms with E-state index in [1.165, 1.54) is 0 Å². The van der Waals surface area contributed by atoms with Crippen LogP contribution in [0.3, 0.4) is 0 Å². The monoisotopic (exact) mass is 185 g/mol. The summed E-state index contributed by atoms with van der Waals surface area (Å²) < 4.78 is 4.90. The highest BCUT2D eigenvalue weighted by atomic mass is 16.5. The van der Waals surface area contributed by atoms with Crippen LogP contribution in [0.5, 0.6) is 0 Å². The number of hydrogen-bond donors (Lipinski definition) is 1. The number of carbonyl (C=O) groups is 1. The Labute approximate surface area is 77.5 Å². The maximum Gasteiger partial charge on any atom is 0.323 e. The predicted molar refractivity (Wildman–Crippen MR) is 46.1 cm³/mol. The van der Waals surface area contributed by atoms with Gasteiger partial charge in [0.05, 0.1) is 6.61 Å². The van der Waals surface area contributed by atoms with Crippen LogP contribution in [-0.2, 0) is 9.53 Å². The second kappa shape index (κ2) is 3.64. The van der Waals surface area contributed by atoms with Crippen LogP contribution in [0.4, 0.5) is 0 Å². The van der Waals surface area contributed by atoms with Gasteiger partial charge in [-0.15, -0.1) is 0 Å². The lowest BCUT2D eigenvalue weighted by Gasteiger charge is -2.19. The molecule has 13 heavy (non-hydrogen) atoms. The zero-order valence-corrected chi connectivity index (χ0v) is 7.61. The topological polar surface area (TPSA) is 49.8 Å². The molecule has 0 radical (unpaired) electrons. The van der Waals surface area contributed by atoms with E-state index in [4.69, 9.17) is 9.84 Å². The molecule has 0 amide bonds. The normalized spacial score (nSPS) is 35.3. The zero-order chi connectivity index (χ0) is 9.26. The summed E-state index contributed by atoms with van der Waals surface area (Å²) in [5, 5.41) is 8.95. The van der Waals surface area contributed by atoms with Crippen molar-refractivity contribution in [2.75, 3.05) is 26.3 Å². The number of carbonyl (C=O) groups excluding carboxylic acids is 1. The van der Waals surface area contributed by atoms with E-state index in [0.717, 1.165) is 25.9 Å². The van der Waals surface area contributed by atoms with Crippen molar-refractivity contribution < 1.29 is 14.6 Å². The minimum absolute atomic E-state index is 0.0310. The van der Waals surface area contributed by atoms with Gasteiger partial charge in [-0.1, -0.05) is 0 Å². The van der Waals surface area contributed by atoms with Gasteiger partial charge >= 0.3 is 5.97 Å². The van der Waals surface area contributed by atoms with Crippen LogP contribution in [0, 0.1) is 5.92 Å². The molecule has 2 unspecified atom stereocenters. The fraction of sp³-hybridized carbons (Fsp3) is 0.889. The number of aliphatic hydroxyl groups is 1. The van der Waals surface area contributed by atoms with Crippen molar-refractivity contribution in [3.63, 3.8) is 0 Å². The van der Waals surface area contributed by atoms with Crippen molar-refractivity contribution >= 4 is 5.97 Å². The average Bonchev–Trinajstić information content (AvgIpc) is 2.71. The van der Waals surface area contributed by atoms with Crippen LogP contribution in [0.1, 0.15) is 12.8 Å². The molecule has 2 fully saturated rings. The Morgan fingerprint density at radius 2 is 2.38 bits per heavy atom. The minimum atomic E-state index is -0.0846. The Balaban J connectivity index is 1.91. The Bertz CT molecular complexity index is 207. The van der Waals surface area contributed by atoms with Crippen molar-refractivity contribution in [3.05, 3.63) is 0 Å². The Hall–Kier alpha value is -0.610. The Morgan fingerprint density at radius 1 is 1.54 bits per heavy atom. The molecule has 74 valence electrons. The first-order chi connectivity index (χ1) is 6.31. The van der Waals surface area contributed by atoms with E-state index in [1.807, 2.05) is 0 Å². The van der Waals surface area contributed by atoms with E-state index in [1.54, 1.807) is 0 Å². The van der Waals surface area contributed by atoms with E-state index in [9.17, 15) is 4.79 Å². The van der Waals surface area contributed by atoms with Crippen LogP contribution in [0.2, 0.25) is 0 Å². The third-order valence-electron chi connectivity index (χ3n) is 2.92. The van der Waals surface area contributed by atoms with Gasteiger partial charge in [0.2, 0.25) is 0 Å². The van der Waals surface area contributed by atoms with Crippen LogP contribution in [0.15, 0.2) is 0 Å². The predicted octanol–water partition coefficient (Wildman–Crippen LogP) is -0.384. The second-order valence-electron chi connectivity index (χ2n) is 3.80. The smallest absolute Gasteiger partial charge is 0.323 e. The van der Waals surface area contributed by atoms with E-state index in [0.29, 0.717) is 12.5 Å². The van der Waals surface area contributed by atoms with Crippen LogP contribution >= 0.6 is 0 Å². The number of likely N-dealkylation sites (tertiary alicyclic amines) is 1. The highest BCUT2D eigenvalue weighted by Gasteiger charge is 2.36. The SMILES string of the molecule is O=C1OCCC1N1CCC(CO)C1. The lowest BCUT2D eigenvalue weighted by atomic mass is 10.1. The van der Waals surface area contributed by atoms with Crippen molar-refractivity contribution in [1.29, 1.82) is 0 Å². The first-order valence-electron chi connectivity index (χ1n) is 4.83. The van der Waals surface area contributed by atoms with Gasteiger partial charge in [-0.05, 0) is 18.9 Å². The highest BCUT2D eigenvalue weighted by Crippen LogP contribution is 2.22. The molecule has 1 N–H and O–H groups in total. The molecule has 4 nitrogen and oxygen atoms in total. The van der Waals surface area contributed by atoms with Gasteiger partial charge in [0, 0.05) is 19.6 Å². The molecule has 0 bridgehead atoms. The lowest BCUT2D eigenvalue weighted by molar-refractivity contribution is -0.142. The quantitative estimate of drug-likeness (QED) is 0.596. The number of cyclic esters (lactones) is 1. The third-order valence-corrected chi connectivity index (χ3v) is 2.92. The molecule has 0 aromatic heterocycles. The summed E-state index contributed by atoms with van der Waals surface area (Å²) in [5.74, 6) is 0.270. The molecule has 0 aromatic carbocycles. The minimum Gasteiger partial charge on any atom is -0.464 e. The third kappa shape index (κ3) is 1.69. The largest absolute Gasteiger partial charge is 0.464 e. The number of rotatable bonds is 2. The first-order valence-corrected chi connectivity index (χ1v) is 4.83. The molecule has 0 saturated carbocycles. The number of aliphatic hydroxyl groups excluding tert-OH is 1. The molecule has 0 aliphatic carbocycles. The Morgan fingerprint density at radius 3 is 2.92 bits per heavy atom. The number of ether oxygens (including phenoxy) is 1. The van der Waals surface area contributed by atoms with Crippen molar-refractivity contribution in [1.82, 2.24) is 4.90 Å². The molecule has 0 spiro atoms. The van der Waals surface area contributed by atoms with Crippen LogP contribution < -0.4 is 0 Å². The fourth-order valence-corrected chi connectivity index (χ4v) is 2.11. The molecule has 2 saturated heterocycles. The van der Waals surface area contributed by atoms with E-state index < -0.39 is 0 Å². The molecule has 2 heterocycles. The van der Waals surface area contributed by atoms with Gasteiger partial charge in [0.1, 0.15) is 6.04 Å². The Kier molecular flexibility index (Phi) is 2.51. The maximum atomic E-state index is 11.2. The summed E-state index contributed by atoms with van der Waals surface area (Å²) in [6, 6.07) is -0.0310. The van der Waals surface area contributed by atoms with Gasteiger partial charge in [-0.25, -0.2) is 0 Å². The average molecular weight is 185 g/mol. The number of esters is 1. The number of nitrogens with zero attached hydrogens (tertiary/aromatic N) is 1. The van der Waals surface area contributed by atoms with E-state index in [2.05, 4.69) is 4.90 Å². The zero-order valence-electron chi connectivity index (χ0n) is 7.61. The first kappa shape index (κ1) is 8.97. The molecular formula is C9H15NO3. The molecule has 4 heteroatoms. The summed E-state index contributed by atoms with van der Waals surface area (Å²) in [6.07, 6.45) is 1.82. The summed E-state index contributed by atoms with van der Waals surface area (Å²) in [4.78, 5) is 13.4. The second-order valence-corrected chi connectivity index (χ2v) is 3.80. The van der Waals surface area contributed by atoms with Gasteiger partial charge in [0.25, 0.3) is 0 Å². The maximum absolute atomic E-state index is 11.2. The molecule has 2 atom stereocenters. The van der Waals surface area contributed by atoms with E-state index >= 15 is 0 Å². The molecule has 2 rings (SSSR count). The standard InChI is InChI=1S/C9H15NO3/c11-6-7-1-3-10(5-7)8-2-4-13-9(8)12/h7-8,11H,1-6H2. The van der Waals surface area contributed by atoms with E-state index in [-0.39, 0.29) is 18.6 Å². The van der Waals surface area contributed by atoms with Gasteiger partial charge in [-0.3, -0.25) is 9.69 Å².